The predicted molar refractivity (Wildman–Crippen MR) is 68.2 cm³/mol. The molecule has 0 spiro atoms. The Hall–Kier alpha value is -0.870. The van der Waals surface area contributed by atoms with Crippen LogP contribution in [0.15, 0.2) is 12.1 Å². The van der Waals surface area contributed by atoms with Gasteiger partial charge in [0.05, 0.1) is 0 Å². The average molecular weight is 256 g/mol. The van der Waals surface area contributed by atoms with Crippen LogP contribution in [0.2, 0.25) is 5.15 Å². The monoisotopic (exact) mass is 255 g/mol. The minimum atomic E-state index is 0.287. The van der Waals surface area contributed by atoms with E-state index in [1.54, 1.807) is 6.07 Å². The molecule has 17 heavy (non-hydrogen) atoms. The molecular weight excluding hydrogens is 238 g/mol. The first-order chi connectivity index (χ1) is 8.20. The maximum absolute atomic E-state index is 9.00. The summed E-state index contributed by atoms with van der Waals surface area (Å²) in [6.07, 6.45) is 2.01. The normalized spacial score (nSPS) is 25.0. The third kappa shape index (κ3) is 3.07. The highest BCUT2D eigenvalue weighted by Crippen LogP contribution is 2.28. The van der Waals surface area contributed by atoms with Gasteiger partial charge in [0.2, 0.25) is 0 Å². The minimum Gasteiger partial charge on any atom is -0.396 e. The summed E-state index contributed by atoms with van der Waals surface area (Å²) in [6, 6.07) is 3.68. The number of anilines is 1. The van der Waals surface area contributed by atoms with Crippen LogP contribution in [0.25, 0.3) is 0 Å². The molecule has 0 amide bonds. The van der Waals surface area contributed by atoms with Crippen molar-refractivity contribution in [2.75, 3.05) is 24.6 Å². The van der Waals surface area contributed by atoms with Crippen molar-refractivity contribution >= 4 is 17.4 Å². The molecular formula is C12H18ClN3O. The number of nitrogens with zero attached hydrogens (tertiary/aromatic N) is 3. The first kappa shape index (κ1) is 12.6. The average Bonchev–Trinajstić information content (AvgIpc) is 2.33. The number of rotatable bonds is 3. The quantitative estimate of drug-likeness (QED) is 0.897. The fourth-order valence-electron chi connectivity index (χ4n) is 2.47. The first-order valence-corrected chi connectivity index (χ1v) is 6.43. The summed E-state index contributed by atoms with van der Waals surface area (Å²) in [5.41, 5.74) is 0. The van der Waals surface area contributed by atoms with E-state index in [1.807, 2.05) is 6.07 Å². The van der Waals surface area contributed by atoms with Crippen molar-refractivity contribution in [3.05, 3.63) is 17.3 Å². The molecule has 0 bridgehead atoms. The van der Waals surface area contributed by atoms with Crippen LogP contribution in [-0.2, 0) is 0 Å². The predicted octanol–water partition coefficient (Wildman–Crippen LogP) is 1.97. The van der Waals surface area contributed by atoms with Gasteiger partial charge in [-0.05, 0) is 36.8 Å². The smallest absolute Gasteiger partial charge is 0.151 e. The second kappa shape index (κ2) is 5.65. The lowest BCUT2D eigenvalue weighted by Gasteiger charge is -2.37. The molecule has 1 N–H and O–H groups in total. The number of aromatic nitrogens is 2. The van der Waals surface area contributed by atoms with E-state index in [0.717, 1.165) is 31.7 Å². The van der Waals surface area contributed by atoms with Gasteiger partial charge in [0.15, 0.2) is 11.0 Å². The van der Waals surface area contributed by atoms with Crippen LogP contribution in [0.1, 0.15) is 19.8 Å². The van der Waals surface area contributed by atoms with Gasteiger partial charge in [0.1, 0.15) is 0 Å². The Morgan fingerprint density at radius 1 is 1.47 bits per heavy atom. The van der Waals surface area contributed by atoms with Crippen molar-refractivity contribution in [3.8, 4) is 0 Å². The Bertz CT molecular complexity index is 357. The van der Waals surface area contributed by atoms with Gasteiger partial charge in [-0.1, -0.05) is 18.5 Å². The Morgan fingerprint density at radius 2 is 2.29 bits per heavy atom. The summed E-state index contributed by atoms with van der Waals surface area (Å²) >= 11 is 5.72. The zero-order chi connectivity index (χ0) is 12.3. The van der Waals surface area contributed by atoms with Crippen LogP contribution < -0.4 is 4.90 Å². The molecule has 0 radical (unpaired) electrons. The van der Waals surface area contributed by atoms with Crippen molar-refractivity contribution in [2.24, 2.45) is 11.8 Å². The van der Waals surface area contributed by atoms with Gasteiger partial charge in [0, 0.05) is 19.7 Å². The highest BCUT2D eigenvalue weighted by Gasteiger charge is 2.26. The van der Waals surface area contributed by atoms with E-state index < -0.39 is 0 Å². The highest BCUT2D eigenvalue weighted by atomic mass is 35.5. The summed E-state index contributed by atoms with van der Waals surface area (Å²) in [5.74, 6) is 2.09. The van der Waals surface area contributed by atoms with Crippen LogP contribution in [0, 0.1) is 11.8 Å². The van der Waals surface area contributed by atoms with E-state index >= 15 is 0 Å². The fraction of sp³-hybridized carbons (Fsp3) is 0.667. The van der Waals surface area contributed by atoms with E-state index in [2.05, 4.69) is 22.0 Å². The Labute approximate surface area is 107 Å². The van der Waals surface area contributed by atoms with E-state index in [9.17, 15) is 0 Å². The highest BCUT2D eigenvalue weighted by molar-refractivity contribution is 6.29. The second-order valence-electron chi connectivity index (χ2n) is 4.70. The molecule has 0 aromatic carbocycles. The Balaban J connectivity index is 1.99. The third-order valence-corrected chi connectivity index (χ3v) is 3.73. The molecule has 0 saturated carbocycles. The number of halogens is 1. The summed E-state index contributed by atoms with van der Waals surface area (Å²) in [7, 11) is 0. The van der Waals surface area contributed by atoms with E-state index in [-0.39, 0.29) is 6.61 Å². The first-order valence-electron chi connectivity index (χ1n) is 6.05. The topological polar surface area (TPSA) is 49.2 Å². The molecule has 2 heterocycles. The number of aliphatic hydroxyl groups is 1. The van der Waals surface area contributed by atoms with Crippen LogP contribution in [-0.4, -0.2) is 35.0 Å². The lowest BCUT2D eigenvalue weighted by molar-refractivity contribution is 0.205. The van der Waals surface area contributed by atoms with Crippen molar-refractivity contribution in [1.82, 2.24) is 10.2 Å². The number of hydrogen-bond donors (Lipinski definition) is 1. The summed E-state index contributed by atoms with van der Waals surface area (Å²) in [6.45, 7) is 4.47. The zero-order valence-corrected chi connectivity index (χ0v) is 10.8. The van der Waals surface area contributed by atoms with Gasteiger partial charge in [-0.15, -0.1) is 10.2 Å². The maximum atomic E-state index is 9.00. The number of hydrogen-bond acceptors (Lipinski definition) is 4. The molecule has 1 aliphatic rings. The van der Waals surface area contributed by atoms with Gasteiger partial charge in [-0.2, -0.15) is 0 Å². The van der Waals surface area contributed by atoms with Gasteiger partial charge in [-0.25, -0.2) is 0 Å². The number of piperidine rings is 1. The molecule has 2 rings (SSSR count). The second-order valence-corrected chi connectivity index (χ2v) is 5.09. The number of aliphatic hydroxyl groups excluding tert-OH is 1. The van der Waals surface area contributed by atoms with Gasteiger partial charge >= 0.3 is 0 Å². The minimum absolute atomic E-state index is 0.287. The molecule has 0 aliphatic carbocycles. The molecule has 0 unspecified atom stereocenters. The van der Waals surface area contributed by atoms with Gasteiger partial charge < -0.3 is 10.0 Å². The van der Waals surface area contributed by atoms with Crippen molar-refractivity contribution < 1.29 is 5.11 Å². The van der Waals surface area contributed by atoms with E-state index in [1.165, 1.54) is 0 Å². The molecule has 1 aromatic heterocycles. The molecule has 94 valence electrons. The van der Waals surface area contributed by atoms with E-state index in [0.29, 0.717) is 17.0 Å². The molecule has 1 saturated heterocycles. The summed E-state index contributed by atoms with van der Waals surface area (Å²) in [5, 5.41) is 17.4. The SMILES string of the molecule is C[C@@H]1CN(c2ccc(Cl)nn2)CC[C@H]1CCO. The lowest BCUT2D eigenvalue weighted by Crippen LogP contribution is -2.40. The van der Waals surface area contributed by atoms with Crippen LogP contribution >= 0.6 is 11.6 Å². The molecule has 1 aromatic rings. The Morgan fingerprint density at radius 3 is 2.88 bits per heavy atom. The van der Waals surface area contributed by atoms with E-state index in [4.69, 9.17) is 16.7 Å². The van der Waals surface area contributed by atoms with Crippen molar-refractivity contribution in [3.63, 3.8) is 0 Å². The van der Waals surface area contributed by atoms with Crippen LogP contribution in [0.4, 0.5) is 5.82 Å². The van der Waals surface area contributed by atoms with Crippen LogP contribution in [0.5, 0.6) is 0 Å². The van der Waals surface area contributed by atoms with Gasteiger partial charge in [-0.3, -0.25) is 0 Å². The molecule has 1 fully saturated rings. The maximum Gasteiger partial charge on any atom is 0.151 e. The molecule has 4 nitrogen and oxygen atoms in total. The van der Waals surface area contributed by atoms with Crippen LogP contribution in [0.3, 0.4) is 0 Å². The Kier molecular flexibility index (Phi) is 4.18. The zero-order valence-electron chi connectivity index (χ0n) is 10.0. The standard InChI is InChI=1S/C12H18ClN3O/c1-9-8-16(6-4-10(9)5-7-17)12-3-2-11(13)14-15-12/h2-3,9-10,17H,4-8H2,1H3/t9-,10+/m1/s1. The fourth-order valence-corrected chi connectivity index (χ4v) is 2.58. The van der Waals surface area contributed by atoms with Crippen molar-refractivity contribution in [1.29, 1.82) is 0 Å². The summed E-state index contributed by atoms with van der Waals surface area (Å²) < 4.78 is 0. The summed E-state index contributed by atoms with van der Waals surface area (Å²) in [4.78, 5) is 2.24. The largest absolute Gasteiger partial charge is 0.396 e. The van der Waals surface area contributed by atoms with Crippen molar-refractivity contribution in [2.45, 2.75) is 19.8 Å². The third-order valence-electron chi connectivity index (χ3n) is 3.52. The molecule has 2 atom stereocenters. The molecule has 1 aliphatic heterocycles. The lowest BCUT2D eigenvalue weighted by atomic mass is 9.85. The molecule has 5 heteroatoms. The van der Waals surface area contributed by atoms with Gasteiger partial charge in [0.25, 0.3) is 0 Å².